The SMILES string of the molecule is O=C(NC1CCN(C(=O)C23CC4CC(CC(C4)C2)C3)CC1)c1cnccn1. The van der Waals surface area contributed by atoms with Crippen LogP contribution >= 0.6 is 0 Å². The zero-order valence-electron chi connectivity index (χ0n) is 15.8. The zero-order valence-corrected chi connectivity index (χ0v) is 15.8. The number of carbonyl (C=O) groups is 2. The Morgan fingerprint density at radius 2 is 1.63 bits per heavy atom. The predicted octanol–water partition coefficient (Wildman–Crippen LogP) is 2.41. The molecule has 6 rings (SSSR count). The fraction of sp³-hybridized carbons (Fsp3) is 0.714. The summed E-state index contributed by atoms with van der Waals surface area (Å²) < 4.78 is 0. The minimum atomic E-state index is -0.172. The molecule has 0 spiro atoms. The van der Waals surface area contributed by atoms with Crippen molar-refractivity contribution in [2.75, 3.05) is 13.1 Å². The van der Waals surface area contributed by atoms with Gasteiger partial charge in [0.25, 0.3) is 5.91 Å². The summed E-state index contributed by atoms with van der Waals surface area (Å²) in [6.45, 7) is 1.51. The molecular weight excluding hydrogens is 340 g/mol. The van der Waals surface area contributed by atoms with Crippen LogP contribution in [0, 0.1) is 23.2 Å². The molecule has 5 aliphatic rings. The van der Waals surface area contributed by atoms with Crippen molar-refractivity contribution >= 4 is 11.8 Å². The van der Waals surface area contributed by atoms with Gasteiger partial charge in [0.05, 0.1) is 11.6 Å². The summed E-state index contributed by atoms with van der Waals surface area (Å²) in [5.41, 5.74) is 0.300. The van der Waals surface area contributed by atoms with Gasteiger partial charge in [0.1, 0.15) is 5.69 Å². The number of likely N-dealkylation sites (tertiary alicyclic amines) is 1. The largest absolute Gasteiger partial charge is 0.348 e. The standard InChI is InChI=1S/C21H28N4O2/c26-19(18-13-22-3-4-23-18)24-17-1-5-25(6-2-17)20(27)21-10-14-7-15(11-21)9-16(8-14)12-21/h3-4,13-17H,1-2,5-12H2,(H,24,26). The molecule has 144 valence electrons. The normalized spacial score (nSPS) is 35.3. The van der Waals surface area contributed by atoms with E-state index in [1.165, 1.54) is 31.7 Å². The third kappa shape index (κ3) is 3.13. The van der Waals surface area contributed by atoms with Crippen LogP contribution < -0.4 is 5.32 Å². The number of nitrogens with zero attached hydrogens (tertiary/aromatic N) is 3. The van der Waals surface area contributed by atoms with Crippen LogP contribution in [0.15, 0.2) is 18.6 Å². The van der Waals surface area contributed by atoms with Crippen LogP contribution in [-0.4, -0.2) is 45.8 Å². The lowest BCUT2D eigenvalue weighted by molar-refractivity contribution is -0.158. The number of rotatable bonds is 3. The number of carbonyl (C=O) groups excluding carboxylic acids is 2. The molecule has 0 atom stereocenters. The van der Waals surface area contributed by atoms with Crippen LogP contribution in [0.4, 0.5) is 0 Å². The summed E-state index contributed by atoms with van der Waals surface area (Å²) in [4.78, 5) is 35.8. The number of piperidine rings is 1. The van der Waals surface area contributed by atoms with E-state index < -0.39 is 0 Å². The number of amides is 2. The van der Waals surface area contributed by atoms with Crippen LogP contribution in [0.2, 0.25) is 0 Å². The summed E-state index contributed by atoms with van der Waals surface area (Å²) in [5.74, 6) is 2.63. The number of aromatic nitrogens is 2. The Morgan fingerprint density at radius 3 is 2.19 bits per heavy atom. The fourth-order valence-corrected chi connectivity index (χ4v) is 6.61. The number of nitrogens with one attached hydrogen (secondary N) is 1. The van der Waals surface area contributed by atoms with E-state index >= 15 is 0 Å². The first-order valence-electron chi connectivity index (χ1n) is 10.5. The highest BCUT2D eigenvalue weighted by Crippen LogP contribution is 2.60. The summed E-state index contributed by atoms with van der Waals surface area (Å²) in [6, 6.07) is 0.111. The van der Waals surface area contributed by atoms with Gasteiger partial charge in [0.15, 0.2) is 0 Å². The maximum atomic E-state index is 13.4. The van der Waals surface area contributed by atoms with Crippen molar-refractivity contribution in [2.24, 2.45) is 23.2 Å². The van der Waals surface area contributed by atoms with E-state index in [1.807, 2.05) is 0 Å². The summed E-state index contributed by atoms with van der Waals surface area (Å²) in [6.07, 6.45) is 13.7. The summed E-state index contributed by atoms with van der Waals surface area (Å²) >= 11 is 0. The Labute approximate surface area is 160 Å². The Bertz CT molecular complexity index is 692. The predicted molar refractivity (Wildman–Crippen MR) is 99.7 cm³/mol. The van der Waals surface area contributed by atoms with Crippen LogP contribution in [0.1, 0.15) is 61.9 Å². The maximum absolute atomic E-state index is 13.4. The van der Waals surface area contributed by atoms with E-state index in [2.05, 4.69) is 20.2 Å². The summed E-state index contributed by atoms with van der Waals surface area (Å²) in [7, 11) is 0. The van der Waals surface area contributed by atoms with E-state index in [1.54, 1.807) is 6.20 Å². The van der Waals surface area contributed by atoms with E-state index in [0.29, 0.717) is 11.6 Å². The fourth-order valence-electron chi connectivity index (χ4n) is 6.61. The van der Waals surface area contributed by atoms with Gasteiger partial charge in [0.2, 0.25) is 5.91 Å². The Balaban J connectivity index is 1.19. The molecule has 4 saturated carbocycles. The lowest BCUT2D eigenvalue weighted by atomic mass is 9.49. The van der Waals surface area contributed by atoms with Crippen molar-refractivity contribution in [3.63, 3.8) is 0 Å². The third-order valence-electron chi connectivity index (χ3n) is 7.41. The van der Waals surface area contributed by atoms with E-state index in [9.17, 15) is 9.59 Å². The highest BCUT2D eigenvalue weighted by molar-refractivity contribution is 5.92. The average Bonchev–Trinajstić information content (AvgIpc) is 2.68. The van der Waals surface area contributed by atoms with Crippen LogP contribution in [-0.2, 0) is 4.79 Å². The molecule has 0 aromatic carbocycles. The molecule has 0 unspecified atom stereocenters. The highest BCUT2D eigenvalue weighted by atomic mass is 16.2. The number of hydrogen-bond acceptors (Lipinski definition) is 4. The lowest BCUT2D eigenvalue weighted by Gasteiger charge is -2.57. The molecule has 1 aliphatic heterocycles. The smallest absolute Gasteiger partial charge is 0.271 e. The molecule has 2 heterocycles. The molecule has 27 heavy (non-hydrogen) atoms. The molecule has 6 nitrogen and oxygen atoms in total. The molecule has 1 aromatic heterocycles. The molecule has 5 fully saturated rings. The molecule has 1 aromatic rings. The molecule has 1 saturated heterocycles. The van der Waals surface area contributed by atoms with E-state index in [4.69, 9.17) is 0 Å². The Morgan fingerprint density at radius 1 is 1.00 bits per heavy atom. The monoisotopic (exact) mass is 368 g/mol. The van der Waals surface area contributed by atoms with Crippen molar-refractivity contribution in [3.05, 3.63) is 24.3 Å². The maximum Gasteiger partial charge on any atom is 0.271 e. The first kappa shape index (κ1) is 17.1. The van der Waals surface area contributed by atoms with Crippen LogP contribution in [0.3, 0.4) is 0 Å². The topological polar surface area (TPSA) is 75.2 Å². The quantitative estimate of drug-likeness (QED) is 0.889. The minimum Gasteiger partial charge on any atom is -0.348 e. The number of hydrogen-bond donors (Lipinski definition) is 1. The van der Waals surface area contributed by atoms with Gasteiger partial charge in [-0.15, -0.1) is 0 Å². The van der Waals surface area contributed by atoms with Gasteiger partial charge in [-0.05, 0) is 69.1 Å². The van der Waals surface area contributed by atoms with Crippen LogP contribution in [0.5, 0.6) is 0 Å². The van der Waals surface area contributed by atoms with Gasteiger partial charge in [0, 0.05) is 31.5 Å². The van der Waals surface area contributed by atoms with Crippen molar-refractivity contribution in [2.45, 2.75) is 57.4 Å². The van der Waals surface area contributed by atoms with Crippen molar-refractivity contribution in [1.82, 2.24) is 20.2 Å². The first-order valence-corrected chi connectivity index (χ1v) is 10.5. The molecule has 1 N–H and O–H groups in total. The van der Waals surface area contributed by atoms with Gasteiger partial charge in [-0.25, -0.2) is 4.98 Å². The van der Waals surface area contributed by atoms with Crippen LogP contribution in [0.25, 0.3) is 0 Å². The Hall–Kier alpha value is -1.98. The van der Waals surface area contributed by atoms with Gasteiger partial charge < -0.3 is 10.2 Å². The van der Waals surface area contributed by atoms with Crippen molar-refractivity contribution < 1.29 is 9.59 Å². The van der Waals surface area contributed by atoms with Crippen molar-refractivity contribution in [3.8, 4) is 0 Å². The first-order chi connectivity index (χ1) is 13.1. The van der Waals surface area contributed by atoms with E-state index in [0.717, 1.165) is 62.9 Å². The van der Waals surface area contributed by atoms with Gasteiger partial charge >= 0.3 is 0 Å². The van der Waals surface area contributed by atoms with Gasteiger partial charge in [-0.2, -0.15) is 0 Å². The van der Waals surface area contributed by atoms with Gasteiger partial charge in [-0.3, -0.25) is 14.6 Å². The second-order valence-corrected chi connectivity index (χ2v) is 9.33. The van der Waals surface area contributed by atoms with E-state index in [-0.39, 0.29) is 17.4 Å². The lowest BCUT2D eigenvalue weighted by Crippen LogP contribution is -2.56. The molecular formula is C21H28N4O2. The Kier molecular flexibility index (Phi) is 4.17. The molecule has 0 radical (unpaired) electrons. The molecule has 6 heteroatoms. The van der Waals surface area contributed by atoms with Crippen molar-refractivity contribution in [1.29, 1.82) is 0 Å². The molecule has 2 amide bonds. The minimum absolute atomic E-state index is 0.0511. The highest BCUT2D eigenvalue weighted by Gasteiger charge is 2.55. The second-order valence-electron chi connectivity index (χ2n) is 9.33. The average molecular weight is 368 g/mol. The summed E-state index contributed by atoms with van der Waals surface area (Å²) in [5, 5.41) is 3.05. The zero-order chi connectivity index (χ0) is 18.4. The molecule has 4 aliphatic carbocycles. The molecule has 4 bridgehead atoms. The third-order valence-corrected chi connectivity index (χ3v) is 7.41. The van der Waals surface area contributed by atoms with Gasteiger partial charge in [-0.1, -0.05) is 0 Å². The second kappa shape index (κ2) is 6.57.